The Bertz CT molecular complexity index is 227. The summed E-state index contributed by atoms with van der Waals surface area (Å²) in [6.45, 7) is 1.16. The molecule has 0 radical (unpaired) electrons. The third-order valence-electron chi connectivity index (χ3n) is 2.18. The largest absolute Gasteiger partial charge is 0.376 e. The molecule has 1 saturated heterocycles. The lowest BCUT2D eigenvalue weighted by Crippen LogP contribution is -2.41. The summed E-state index contributed by atoms with van der Waals surface area (Å²) < 4.78 is 5.33. The van der Waals surface area contributed by atoms with Crippen LogP contribution in [0.25, 0.3) is 0 Å². The van der Waals surface area contributed by atoms with Gasteiger partial charge in [-0.3, -0.25) is 9.59 Å². The molecule has 15 heavy (non-hydrogen) atoms. The van der Waals surface area contributed by atoms with Crippen LogP contribution in [-0.2, 0) is 14.3 Å². The average Bonchev–Trinajstić information content (AvgIpc) is 2.75. The summed E-state index contributed by atoms with van der Waals surface area (Å²) in [6.07, 6.45) is 2.15. The third kappa shape index (κ3) is 4.75. The fraction of sp³-hybridized carbons (Fsp3) is 0.778. The Balaban J connectivity index is 2.05. The van der Waals surface area contributed by atoms with Crippen LogP contribution in [0, 0.1) is 0 Å². The molecule has 1 unspecified atom stereocenters. The minimum Gasteiger partial charge on any atom is -0.376 e. The standard InChI is InChI=1S/C9H17N3O3/c10-4-8(13)12-6-9(14)11-5-7-2-1-3-15-7/h7H,1-6,10H2,(H,11,14)(H,12,13). The molecule has 1 aliphatic heterocycles. The van der Waals surface area contributed by atoms with E-state index in [1.165, 1.54) is 0 Å². The van der Waals surface area contributed by atoms with Gasteiger partial charge in [0.25, 0.3) is 0 Å². The highest BCUT2D eigenvalue weighted by Crippen LogP contribution is 2.10. The minimum atomic E-state index is -0.331. The molecule has 0 bridgehead atoms. The molecule has 4 N–H and O–H groups in total. The molecule has 0 aromatic heterocycles. The fourth-order valence-corrected chi connectivity index (χ4v) is 1.35. The highest BCUT2D eigenvalue weighted by atomic mass is 16.5. The van der Waals surface area contributed by atoms with Gasteiger partial charge in [-0.25, -0.2) is 0 Å². The molecule has 1 fully saturated rings. The minimum absolute atomic E-state index is 0.0250. The second-order valence-corrected chi connectivity index (χ2v) is 3.42. The molecule has 0 aromatic carbocycles. The maximum atomic E-state index is 11.2. The van der Waals surface area contributed by atoms with Crippen LogP contribution in [-0.4, -0.2) is 44.2 Å². The van der Waals surface area contributed by atoms with Crippen molar-refractivity contribution < 1.29 is 14.3 Å². The summed E-state index contributed by atoms with van der Waals surface area (Å²) in [5.41, 5.74) is 5.07. The van der Waals surface area contributed by atoms with Crippen molar-refractivity contribution in [3.8, 4) is 0 Å². The Hall–Kier alpha value is -1.14. The van der Waals surface area contributed by atoms with Crippen molar-refractivity contribution in [1.29, 1.82) is 0 Å². The van der Waals surface area contributed by atoms with Crippen LogP contribution in [0.2, 0.25) is 0 Å². The lowest BCUT2D eigenvalue weighted by Gasteiger charge is -2.10. The van der Waals surface area contributed by atoms with Crippen LogP contribution in [0.15, 0.2) is 0 Å². The van der Waals surface area contributed by atoms with E-state index in [-0.39, 0.29) is 31.0 Å². The molecule has 1 rings (SSSR count). The number of hydrogen-bond donors (Lipinski definition) is 3. The van der Waals surface area contributed by atoms with Crippen molar-refractivity contribution in [2.75, 3.05) is 26.2 Å². The monoisotopic (exact) mass is 215 g/mol. The summed E-state index contributed by atoms with van der Waals surface area (Å²) in [6, 6.07) is 0. The van der Waals surface area contributed by atoms with Crippen molar-refractivity contribution in [2.45, 2.75) is 18.9 Å². The number of ether oxygens (including phenoxy) is 1. The van der Waals surface area contributed by atoms with Crippen LogP contribution in [0.1, 0.15) is 12.8 Å². The van der Waals surface area contributed by atoms with Gasteiger partial charge in [0.2, 0.25) is 11.8 Å². The quantitative estimate of drug-likeness (QED) is 0.512. The van der Waals surface area contributed by atoms with Gasteiger partial charge in [-0.15, -0.1) is 0 Å². The van der Waals surface area contributed by atoms with E-state index in [9.17, 15) is 9.59 Å². The zero-order valence-electron chi connectivity index (χ0n) is 8.62. The topological polar surface area (TPSA) is 93.5 Å². The van der Waals surface area contributed by atoms with E-state index in [0.29, 0.717) is 6.54 Å². The predicted molar refractivity (Wildman–Crippen MR) is 54.0 cm³/mol. The third-order valence-corrected chi connectivity index (χ3v) is 2.18. The number of carbonyl (C=O) groups excluding carboxylic acids is 2. The first kappa shape index (κ1) is 11.9. The molecule has 2 amide bonds. The predicted octanol–water partition coefficient (Wildman–Crippen LogP) is -1.64. The van der Waals surface area contributed by atoms with E-state index in [4.69, 9.17) is 10.5 Å². The van der Waals surface area contributed by atoms with Gasteiger partial charge in [0, 0.05) is 13.2 Å². The SMILES string of the molecule is NCC(=O)NCC(=O)NCC1CCCO1. The molecule has 0 saturated carbocycles. The van der Waals surface area contributed by atoms with E-state index in [1.54, 1.807) is 0 Å². The Kier molecular flexibility index (Phi) is 5.06. The highest BCUT2D eigenvalue weighted by molar-refractivity contribution is 5.85. The van der Waals surface area contributed by atoms with Crippen molar-refractivity contribution >= 4 is 11.8 Å². The molecule has 6 heteroatoms. The average molecular weight is 215 g/mol. The molecule has 1 atom stereocenters. The van der Waals surface area contributed by atoms with Crippen LogP contribution in [0.4, 0.5) is 0 Å². The summed E-state index contributed by atoms with van der Waals surface area (Å²) in [5, 5.41) is 5.08. The van der Waals surface area contributed by atoms with E-state index in [1.807, 2.05) is 0 Å². The summed E-state index contributed by atoms with van der Waals surface area (Å²) in [7, 11) is 0. The molecular formula is C9H17N3O3. The smallest absolute Gasteiger partial charge is 0.239 e. The second-order valence-electron chi connectivity index (χ2n) is 3.42. The maximum absolute atomic E-state index is 11.2. The fourth-order valence-electron chi connectivity index (χ4n) is 1.35. The number of amides is 2. The zero-order valence-corrected chi connectivity index (χ0v) is 8.62. The molecule has 0 spiro atoms. The van der Waals surface area contributed by atoms with Gasteiger partial charge in [-0.05, 0) is 12.8 Å². The van der Waals surface area contributed by atoms with E-state index in [2.05, 4.69) is 10.6 Å². The number of nitrogens with two attached hydrogens (primary N) is 1. The number of carbonyl (C=O) groups is 2. The van der Waals surface area contributed by atoms with Crippen LogP contribution in [0.3, 0.4) is 0 Å². The Morgan fingerprint density at radius 3 is 2.73 bits per heavy atom. The van der Waals surface area contributed by atoms with Crippen LogP contribution >= 0.6 is 0 Å². The van der Waals surface area contributed by atoms with Gasteiger partial charge in [0.1, 0.15) is 0 Å². The number of rotatable bonds is 5. The zero-order chi connectivity index (χ0) is 11.1. The van der Waals surface area contributed by atoms with Crippen molar-refractivity contribution in [2.24, 2.45) is 5.73 Å². The van der Waals surface area contributed by atoms with Gasteiger partial charge < -0.3 is 21.1 Å². The lowest BCUT2D eigenvalue weighted by atomic mass is 10.2. The van der Waals surface area contributed by atoms with Gasteiger partial charge in [-0.1, -0.05) is 0 Å². The summed E-state index contributed by atoms with van der Waals surface area (Å²) >= 11 is 0. The Labute approximate surface area is 88.5 Å². The van der Waals surface area contributed by atoms with Gasteiger partial charge >= 0.3 is 0 Å². The van der Waals surface area contributed by atoms with Gasteiger partial charge in [0.15, 0.2) is 0 Å². The maximum Gasteiger partial charge on any atom is 0.239 e. The molecular weight excluding hydrogens is 198 g/mol. The first-order valence-corrected chi connectivity index (χ1v) is 5.07. The lowest BCUT2D eigenvalue weighted by molar-refractivity contribution is -0.125. The molecule has 0 aromatic rings. The van der Waals surface area contributed by atoms with Crippen LogP contribution in [0.5, 0.6) is 0 Å². The normalized spacial score (nSPS) is 19.9. The highest BCUT2D eigenvalue weighted by Gasteiger charge is 2.15. The Morgan fingerprint density at radius 2 is 2.13 bits per heavy atom. The first-order valence-electron chi connectivity index (χ1n) is 5.07. The summed E-state index contributed by atoms with van der Waals surface area (Å²) in [4.78, 5) is 21.9. The molecule has 6 nitrogen and oxygen atoms in total. The van der Waals surface area contributed by atoms with Crippen molar-refractivity contribution in [3.63, 3.8) is 0 Å². The van der Waals surface area contributed by atoms with Crippen molar-refractivity contribution in [3.05, 3.63) is 0 Å². The number of nitrogens with one attached hydrogen (secondary N) is 2. The van der Waals surface area contributed by atoms with Crippen LogP contribution < -0.4 is 16.4 Å². The van der Waals surface area contributed by atoms with Crippen molar-refractivity contribution in [1.82, 2.24) is 10.6 Å². The molecule has 1 aliphatic rings. The molecule has 0 aliphatic carbocycles. The van der Waals surface area contributed by atoms with E-state index < -0.39 is 0 Å². The Morgan fingerprint density at radius 1 is 1.33 bits per heavy atom. The second kappa shape index (κ2) is 6.36. The van der Waals surface area contributed by atoms with Gasteiger partial charge in [-0.2, -0.15) is 0 Å². The molecule has 86 valence electrons. The van der Waals surface area contributed by atoms with E-state index in [0.717, 1.165) is 19.4 Å². The summed E-state index contributed by atoms with van der Waals surface area (Å²) in [5.74, 6) is -0.547. The van der Waals surface area contributed by atoms with E-state index >= 15 is 0 Å². The number of hydrogen-bond acceptors (Lipinski definition) is 4. The molecule has 1 heterocycles. The van der Waals surface area contributed by atoms with Gasteiger partial charge in [0.05, 0.1) is 19.2 Å². The first-order chi connectivity index (χ1) is 7.22.